The number of nitrogens with zero attached hydrogens (tertiary/aromatic N) is 5. The third-order valence-corrected chi connectivity index (χ3v) is 10.4. The third-order valence-electron chi connectivity index (χ3n) is 8.65. The molecule has 13 heteroatoms. The number of alkyl halides is 3. The Balaban J connectivity index is 1.40. The van der Waals surface area contributed by atoms with Crippen LogP contribution in [0.2, 0.25) is 0 Å². The molecule has 0 N–H and O–H groups in total. The molecule has 2 aromatic heterocycles. The van der Waals surface area contributed by atoms with Crippen molar-refractivity contribution in [3.05, 3.63) is 83.4 Å². The Morgan fingerprint density at radius 2 is 1.85 bits per heavy atom. The third kappa shape index (κ3) is 7.02. The minimum atomic E-state index is -4.87. The van der Waals surface area contributed by atoms with Gasteiger partial charge in [0.25, 0.3) is 0 Å². The van der Waals surface area contributed by atoms with Crippen LogP contribution in [0.5, 0.6) is 5.75 Å². The predicted octanol–water partition coefficient (Wildman–Crippen LogP) is 6.00. The van der Waals surface area contributed by atoms with Gasteiger partial charge in [0.2, 0.25) is 5.91 Å². The quantitative estimate of drug-likeness (QED) is 0.218. The van der Waals surface area contributed by atoms with Crippen molar-refractivity contribution in [3.8, 4) is 23.1 Å². The van der Waals surface area contributed by atoms with Crippen molar-refractivity contribution < 1.29 is 31.1 Å². The molecule has 6 rings (SSSR count). The van der Waals surface area contributed by atoms with Crippen LogP contribution in [0.3, 0.4) is 0 Å². The summed E-state index contributed by atoms with van der Waals surface area (Å²) in [6.45, 7) is 2.11. The number of halogens is 3. The number of amides is 1. The molecule has 1 aliphatic heterocycles. The highest BCUT2D eigenvalue weighted by molar-refractivity contribution is 7.91. The zero-order valence-electron chi connectivity index (χ0n) is 25.1. The van der Waals surface area contributed by atoms with Crippen LogP contribution in [0.4, 0.5) is 13.2 Å². The molecule has 240 valence electrons. The van der Waals surface area contributed by atoms with Gasteiger partial charge in [-0.15, -0.1) is 13.2 Å². The predicted molar refractivity (Wildman–Crippen MR) is 163 cm³/mol. The number of aromatic nitrogens is 3. The number of imidazole rings is 1. The second-order valence-electron chi connectivity index (χ2n) is 12.0. The molecule has 1 saturated heterocycles. The van der Waals surface area contributed by atoms with E-state index in [-0.39, 0.29) is 42.2 Å². The molecule has 1 aliphatic carbocycles. The zero-order chi connectivity index (χ0) is 32.6. The van der Waals surface area contributed by atoms with Gasteiger partial charge in [0.05, 0.1) is 52.7 Å². The Labute approximate surface area is 264 Å². The Hall–Kier alpha value is -4.44. The average Bonchev–Trinajstić information content (AvgIpc) is 3.78. The molecule has 0 radical (unpaired) electrons. The minimum absolute atomic E-state index is 0.0339. The summed E-state index contributed by atoms with van der Waals surface area (Å²) in [4.78, 5) is 25.5. The summed E-state index contributed by atoms with van der Waals surface area (Å²) in [5, 5.41) is 9.37. The molecule has 0 bridgehead atoms. The number of sulfone groups is 1. The first-order valence-electron chi connectivity index (χ1n) is 15.1. The molecule has 46 heavy (non-hydrogen) atoms. The van der Waals surface area contributed by atoms with Gasteiger partial charge in [-0.3, -0.25) is 14.2 Å². The normalized spacial score (nSPS) is 17.4. The van der Waals surface area contributed by atoms with Crippen LogP contribution in [0.15, 0.2) is 60.9 Å². The van der Waals surface area contributed by atoms with Gasteiger partial charge in [0.1, 0.15) is 15.6 Å². The van der Waals surface area contributed by atoms with Gasteiger partial charge in [-0.1, -0.05) is 24.3 Å². The highest BCUT2D eigenvalue weighted by Gasteiger charge is 2.35. The minimum Gasteiger partial charge on any atom is -0.406 e. The van der Waals surface area contributed by atoms with Crippen LogP contribution in [-0.2, 0) is 21.1 Å². The van der Waals surface area contributed by atoms with Gasteiger partial charge < -0.3 is 9.64 Å². The van der Waals surface area contributed by atoms with Gasteiger partial charge in [-0.05, 0) is 68.4 Å². The van der Waals surface area contributed by atoms with Crippen molar-refractivity contribution in [3.63, 3.8) is 0 Å². The fraction of sp³-hybridized carbons (Fsp3) is 0.394. The van der Waals surface area contributed by atoms with Crippen molar-refractivity contribution in [2.24, 2.45) is 5.92 Å². The molecule has 2 fully saturated rings. The van der Waals surface area contributed by atoms with Crippen LogP contribution < -0.4 is 4.74 Å². The smallest absolute Gasteiger partial charge is 0.406 e. The lowest BCUT2D eigenvalue weighted by atomic mass is 9.98. The molecule has 2 aromatic carbocycles. The van der Waals surface area contributed by atoms with Crippen LogP contribution in [-0.4, -0.2) is 58.0 Å². The lowest BCUT2D eigenvalue weighted by molar-refractivity contribution is -0.274. The molecule has 1 atom stereocenters. The lowest BCUT2D eigenvalue weighted by Gasteiger charge is -2.34. The summed E-state index contributed by atoms with van der Waals surface area (Å²) in [7, 11) is -3.14. The molecule has 0 spiro atoms. The summed E-state index contributed by atoms with van der Waals surface area (Å²) in [5.74, 6) is -0.491. The second-order valence-corrected chi connectivity index (χ2v) is 14.3. The van der Waals surface area contributed by atoms with Crippen LogP contribution >= 0.6 is 0 Å². The Morgan fingerprint density at radius 1 is 1.13 bits per heavy atom. The average molecular weight is 652 g/mol. The van der Waals surface area contributed by atoms with E-state index < -0.39 is 28.0 Å². The van der Waals surface area contributed by atoms with E-state index in [4.69, 9.17) is 4.98 Å². The van der Waals surface area contributed by atoms with Crippen molar-refractivity contribution in [1.82, 2.24) is 19.3 Å². The van der Waals surface area contributed by atoms with E-state index in [1.165, 1.54) is 18.2 Å². The molecule has 9 nitrogen and oxygen atoms in total. The summed E-state index contributed by atoms with van der Waals surface area (Å²) in [6.07, 6.45) is 1.29. The first kappa shape index (κ1) is 31.5. The standard InChI is InChI=1S/C33H32F3N5O4S/c1-21(29-31(26-7-5-22(19-37)6-8-26)40-14-13-38-30(25-9-10-25)32(40)39-29)41(20-23-11-15-46(43,44)16-12-23)28(42)18-24-3-2-4-27(17-24)45-33(34,35)36/h2-8,13-14,17,21,23,25H,9-12,15-16,18,20H2,1H3/t21-/m1/s1. The number of benzene rings is 2. The van der Waals surface area contributed by atoms with Crippen LogP contribution in [0.25, 0.3) is 16.9 Å². The van der Waals surface area contributed by atoms with E-state index in [9.17, 15) is 31.6 Å². The second kappa shape index (κ2) is 12.4. The summed E-state index contributed by atoms with van der Waals surface area (Å²) < 4.78 is 69.1. The van der Waals surface area contributed by atoms with Crippen molar-refractivity contribution >= 4 is 21.4 Å². The van der Waals surface area contributed by atoms with Gasteiger partial charge >= 0.3 is 6.36 Å². The molecular formula is C33H32F3N5O4S. The first-order chi connectivity index (χ1) is 21.9. The largest absolute Gasteiger partial charge is 0.573 e. The molecule has 2 aliphatic rings. The van der Waals surface area contributed by atoms with E-state index in [1.54, 1.807) is 29.3 Å². The van der Waals surface area contributed by atoms with Gasteiger partial charge in [0, 0.05) is 30.4 Å². The monoisotopic (exact) mass is 651 g/mol. The Morgan fingerprint density at radius 3 is 2.50 bits per heavy atom. The first-order valence-corrected chi connectivity index (χ1v) is 16.9. The van der Waals surface area contributed by atoms with Crippen molar-refractivity contribution in [1.29, 1.82) is 5.26 Å². The summed E-state index contributed by atoms with van der Waals surface area (Å²) in [5.41, 5.74) is 4.51. The fourth-order valence-corrected chi connectivity index (χ4v) is 7.68. The van der Waals surface area contributed by atoms with Crippen molar-refractivity contribution in [2.45, 2.75) is 57.3 Å². The number of fused-ring (bicyclic) bond motifs is 1. The Bertz CT molecular complexity index is 1900. The maximum absolute atomic E-state index is 14.1. The lowest BCUT2D eigenvalue weighted by Crippen LogP contribution is -2.40. The molecule has 0 unspecified atom stereocenters. The highest BCUT2D eigenvalue weighted by Crippen LogP contribution is 2.42. The summed E-state index contributed by atoms with van der Waals surface area (Å²) >= 11 is 0. The maximum Gasteiger partial charge on any atom is 0.573 e. The van der Waals surface area contributed by atoms with Gasteiger partial charge in [-0.2, -0.15) is 5.26 Å². The molecule has 1 amide bonds. The van der Waals surface area contributed by atoms with Gasteiger partial charge in [0.15, 0.2) is 5.65 Å². The number of carbonyl (C=O) groups excluding carboxylic acids is 1. The van der Waals surface area contributed by atoms with Crippen LogP contribution in [0, 0.1) is 17.2 Å². The SMILES string of the molecule is C[C@H](c1nc2c(C3CC3)nccn2c1-c1ccc(C#N)cc1)N(CC1CCS(=O)(=O)CC1)C(=O)Cc1cccc(OC(F)(F)F)c1. The van der Waals surface area contributed by atoms with E-state index in [1.807, 2.05) is 29.7 Å². The van der Waals surface area contributed by atoms with E-state index in [0.29, 0.717) is 35.3 Å². The number of ether oxygens (including phenoxy) is 1. The topological polar surface area (TPSA) is 118 Å². The van der Waals surface area contributed by atoms with E-state index >= 15 is 0 Å². The maximum atomic E-state index is 14.1. The van der Waals surface area contributed by atoms with Crippen molar-refractivity contribution in [2.75, 3.05) is 18.1 Å². The summed E-state index contributed by atoms with van der Waals surface area (Å²) in [6, 6.07) is 14.0. The number of rotatable bonds is 9. The number of hydrogen-bond acceptors (Lipinski definition) is 7. The molecule has 4 aromatic rings. The number of carbonyl (C=O) groups is 1. The molecule has 1 saturated carbocycles. The number of nitriles is 1. The van der Waals surface area contributed by atoms with E-state index in [2.05, 4.69) is 15.8 Å². The number of hydrogen-bond donors (Lipinski definition) is 0. The van der Waals surface area contributed by atoms with Crippen LogP contribution in [0.1, 0.15) is 67.1 Å². The van der Waals surface area contributed by atoms with Gasteiger partial charge in [-0.25, -0.2) is 13.4 Å². The molecular weight excluding hydrogens is 619 g/mol. The Kier molecular flexibility index (Phi) is 8.50. The zero-order valence-corrected chi connectivity index (χ0v) is 25.9. The molecule has 3 heterocycles. The highest BCUT2D eigenvalue weighted by atomic mass is 32.2. The van der Waals surface area contributed by atoms with E-state index in [0.717, 1.165) is 29.8 Å². The fourth-order valence-electron chi connectivity index (χ4n) is 6.09.